The third-order valence-electron chi connectivity index (χ3n) is 1.07. The molecule has 1 saturated carbocycles. The highest BCUT2D eigenvalue weighted by atomic mass is 32.1. The van der Waals surface area contributed by atoms with Crippen LogP contribution in [0, 0.1) is 0 Å². The molecular formula is C4H8S. The van der Waals surface area contributed by atoms with Crippen LogP contribution < -0.4 is 0 Å². The van der Waals surface area contributed by atoms with Crippen molar-refractivity contribution in [1.29, 1.82) is 0 Å². The van der Waals surface area contributed by atoms with Crippen LogP contribution in [-0.4, -0.2) is 5.25 Å². The van der Waals surface area contributed by atoms with Crippen molar-refractivity contribution >= 4 is 12.6 Å². The van der Waals surface area contributed by atoms with Crippen molar-refractivity contribution in [2.24, 2.45) is 0 Å². The van der Waals surface area contributed by atoms with Gasteiger partial charge < -0.3 is 0 Å². The summed E-state index contributed by atoms with van der Waals surface area (Å²) in [5.74, 6) is 0. The van der Waals surface area contributed by atoms with E-state index in [1.807, 2.05) is 0 Å². The Balaban J connectivity index is 2.08. The molecule has 0 unspecified atom stereocenters. The molecule has 0 heterocycles. The number of hydrogen-bond donors (Lipinski definition) is 1. The fourth-order valence-electron chi connectivity index (χ4n) is 0.387. The second kappa shape index (κ2) is 1.21. The molecule has 0 aromatic rings. The molecule has 30 valence electrons. The van der Waals surface area contributed by atoms with E-state index < -0.39 is 0 Å². The minimum atomic E-state index is 0.759. The molecule has 0 aliphatic heterocycles. The summed E-state index contributed by atoms with van der Waals surface area (Å²) in [6, 6.07) is 0. The molecule has 1 aliphatic carbocycles. The van der Waals surface area contributed by atoms with Crippen LogP contribution in [0.25, 0.3) is 0 Å². The van der Waals surface area contributed by atoms with E-state index in [1.54, 1.807) is 0 Å². The maximum Gasteiger partial charge on any atom is 0.00168 e. The van der Waals surface area contributed by atoms with E-state index in [-0.39, 0.29) is 0 Å². The van der Waals surface area contributed by atoms with E-state index in [4.69, 9.17) is 0 Å². The molecule has 0 bridgehead atoms. The van der Waals surface area contributed by atoms with Gasteiger partial charge in [0.1, 0.15) is 0 Å². The highest BCUT2D eigenvalue weighted by Crippen LogP contribution is 2.22. The smallest absolute Gasteiger partial charge is 0.00168 e. The highest BCUT2D eigenvalue weighted by Gasteiger charge is 2.10. The van der Waals surface area contributed by atoms with Crippen LogP contribution in [0.15, 0.2) is 0 Å². The first-order chi connectivity index (χ1) is 2.39. The van der Waals surface area contributed by atoms with Gasteiger partial charge in [0.25, 0.3) is 0 Å². The van der Waals surface area contributed by atoms with Gasteiger partial charge in [0.15, 0.2) is 0 Å². The first kappa shape index (κ1) is 3.54. The first-order valence-electron chi connectivity index (χ1n) is 2.07. The Morgan fingerprint density at radius 3 is 1.80 bits per heavy atom. The zero-order chi connectivity index (χ0) is 3.70. The van der Waals surface area contributed by atoms with Crippen molar-refractivity contribution in [3.8, 4) is 0 Å². The minimum Gasteiger partial charge on any atom is -0.176 e. The predicted octanol–water partition coefficient (Wildman–Crippen LogP) is 1.47. The average molecular weight is 88.2 g/mol. The largest absolute Gasteiger partial charge is 0.176 e. The quantitative estimate of drug-likeness (QED) is 0.426. The Labute approximate surface area is 38.0 Å². The van der Waals surface area contributed by atoms with Crippen molar-refractivity contribution in [3.63, 3.8) is 0 Å². The van der Waals surface area contributed by atoms with Crippen LogP contribution in [0.3, 0.4) is 0 Å². The summed E-state index contributed by atoms with van der Waals surface area (Å²) in [7, 11) is 0. The minimum absolute atomic E-state index is 0.759. The van der Waals surface area contributed by atoms with E-state index >= 15 is 0 Å². The second-order valence-electron chi connectivity index (χ2n) is 1.58. The predicted molar refractivity (Wildman–Crippen MR) is 26.6 cm³/mol. The fourth-order valence-corrected chi connectivity index (χ4v) is 0.752. The lowest BCUT2D eigenvalue weighted by Crippen LogP contribution is -2.08. The lowest BCUT2D eigenvalue weighted by atomic mass is 10.0. The Hall–Kier alpha value is 0.350. The molecule has 0 atom stereocenters. The maximum absolute atomic E-state index is 4.18. The van der Waals surface area contributed by atoms with Gasteiger partial charge in [0.05, 0.1) is 0 Å². The monoisotopic (exact) mass is 88.0 g/mol. The summed E-state index contributed by atoms with van der Waals surface area (Å²) in [6.45, 7) is 0. The van der Waals surface area contributed by atoms with Crippen LogP contribution in [0.2, 0.25) is 0 Å². The molecule has 0 nitrogen and oxygen atoms in total. The summed E-state index contributed by atoms with van der Waals surface area (Å²) < 4.78 is 0. The summed E-state index contributed by atoms with van der Waals surface area (Å²) in [5.41, 5.74) is 0. The van der Waals surface area contributed by atoms with Gasteiger partial charge in [-0.05, 0) is 12.8 Å². The van der Waals surface area contributed by atoms with Gasteiger partial charge in [0.2, 0.25) is 0 Å². The van der Waals surface area contributed by atoms with Crippen LogP contribution in [0.5, 0.6) is 0 Å². The van der Waals surface area contributed by atoms with Crippen LogP contribution in [-0.2, 0) is 0 Å². The molecule has 1 rings (SSSR count). The van der Waals surface area contributed by atoms with Crippen molar-refractivity contribution in [3.05, 3.63) is 0 Å². The molecule has 0 N–H and O–H groups in total. The third kappa shape index (κ3) is 0.596. The molecular weight excluding hydrogens is 80.1 g/mol. The van der Waals surface area contributed by atoms with Gasteiger partial charge >= 0.3 is 0 Å². The van der Waals surface area contributed by atoms with E-state index in [1.165, 1.54) is 19.3 Å². The normalized spacial score (nSPS) is 25.8. The Morgan fingerprint density at radius 2 is 1.80 bits per heavy atom. The van der Waals surface area contributed by atoms with Crippen molar-refractivity contribution in [2.75, 3.05) is 0 Å². The van der Waals surface area contributed by atoms with Gasteiger partial charge in [0, 0.05) is 5.25 Å². The summed E-state index contributed by atoms with van der Waals surface area (Å²) in [4.78, 5) is 0. The molecule has 0 aromatic heterocycles. The number of thiol groups is 1. The summed E-state index contributed by atoms with van der Waals surface area (Å²) in [5, 5.41) is 0.759. The number of hydrogen-bond acceptors (Lipinski definition) is 1. The molecule has 0 spiro atoms. The molecule has 1 fully saturated rings. The van der Waals surface area contributed by atoms with Crippen LogP contribution >= 0.6 is 12.6 Å². The molecule has 0 saturated heterocycles. The van der Waals surface area contributed by atoms with E-state index in [0.717, 1.165) is 5.25 Å². The Kier molecular flexibility index (Phi) is 0.856. The third-order valence-corrected chi connectivity index (χ3v) is 1.59. The Morgan fingerprint density at radius 1 is 1.40 bits per heavy atom. The molecule has 5 heavy (non-hydrogen) atoms. The van der Waals surface area contributed by atoms with Gasteiger partial charge in [-0.1, -0.05) is 6.42 Å². The van der Waals surface area contributed by atoms with Gasteiger partial charge in [-0.15, -0.1) is 0 Å². The molecule has 0 aromatic carbocycles. The highest BCUT2D eigenvalue weighted by molar-refractivity contribution is 7.81. The van der Waals surface area contributed by atoms with Crippen molar-refractivity contribution < 1.29 is 0 Å². The topological polar surface area (TPSA) is 0 Å². The first-order valence-corrected chi connectivity index (χ1v) is 2.59. The molecule has 1 heteroatoms. The molecule has 1 aliphatic rings. The van der Waals surface area contributed by atoms with Crippen LogP contribution in [0.4, 0.5) is 0 Å². The van der Waals surface area contributed by atoms with E-state index in [9.17, 15) is 0 Å². The summed E-state index contributed by atoms with van der Waals surface area (Å²) in [6.07, 6.45) is 4.11. The Bertz CT molecular complexity index is 30.6. The van der Waals surface area contributed by atoms with Gasteiger partial charge in [-0.2, -0.15) is 12.6 Å². The van der Waals surface area contributed by atoms with Crippen molar-refractivity contribution in [1.82, 2.24) is 0 Å². The zero-order valence-corrected chi connectivity index (χ0v) is 4.04. The zero-order valence-electron chi connectivity index (χ0n) is 3.15. The lowest BCUT2D eigenvalue weighted by Gasteiger charge is -2.17. The number of rotatable bonds is 0. The van der Waals surface area contributed by atoms with Crippen molar-refractivity contribution in [2.45, 2.75) is 24.5 Å². The second-order valence-corrected chi connectivity index (χ2v) is 2.32. The van der Waals surface area contributed by atoms with E-state index in [2.05, 4.69) is 12.6 Å². The molecule has 0 amide bonds. The van der Waals surface area contributed by atoms with Gasteiger partial charge in [-0.3, -0.25) is 0 Å². The standard InChI is InChI=1S/C4H8S/c5-4-2-1-3-4/h4-5H,1-3H2. The van der Waals surface area contributed by atoms with E-state index in [0.29, 0.717) is 0 Å². The maximum atomic E-state index is 4.18. The average Bonchev–Trinajstić information content (AvgIpc) is 1.30. The van der Waals surface area contributed by atoms with Gasteiger partial charge in [-0.25, -0.2) is 0 Å². The SMILES string of the molecule is SC1CCC1. The lowest BCUT2D eigenvalue weighted by molar-refractivity contribution is 0.525. The van der Waals surface area contributed by atoms with Crippen LogP contribution in [0.1, 0.15) is 19.3 Å². The molecule has 0 radical (unpaired) electrons. The fraction of sp³-hybridized carbons (Fsp3) is 1.00. The summed E-state index contributed by atoms with van der Waals surface area (Å²) >= 11 is 4.18.